The normalized spacial score (nSPS) is 20.5. The van der Waals surface area contributed by atoms with Crippen molar-refractivity contribution in [3.63, 3.8) is 0 Å². The summed E-state index contributed by atoms with van der Waals surface area (Å²) in [5.41, 5.74) is 1.17. The van der Waals surface area contributed by atoms with Crippen molar-refractivity contribution in [1.29, 1.82) is 0 Å². The van der Waals surface area contributed by atoms with E-state index in [1.54, 1.807) is 0 Å². The van der Waals surface area contributed by atoms with Crippen LogP contribution in [0.3, 0.4) is 0 Å². The molecule has 2 rings (SSSR count). The molecule has 4 nitrogen and oxygen atoms in total. The van der Waals surface area contributed by atoms with Crippen LogP contribution >= 0.6 is 0 Å². The number of amides is 1. The zero-order chi connectivity index (χ0) is 16.7. The molecule has 1 aromatic carbocycles. The number of aliphatic hydroxyl groups excluding tert-OH is 1. The number of nitrogens with zero attached hydrogens (tertiary/aromatic N) is 1. The number of carbonyl (C=O) groups excluding carboxylic acids is 1. The monoisotopic (exact) mass is 319 g/mol. The van der Waals surface area contributed by atoms with Crippen LogP contribution in [0, 0.1) is 11.8 Å². The van der Waals surface area contributed by atoms with Gasteiger partial charge in [0.2, 0.25) is 5.91 Å². The quantitative estimate of drug-likeness (QED) is 0.801. The Hall–Kier alpha value is -1.39. The number of aliphatic hydroxyl groups is 1. The molecule has 1 aliphatic rings. The Morgan fingerprint density at radius 2 is 2.09 bits per heavy atom. The number of hydrogen-bond donors (Lipinski definition) is 1. The molecule has 0 aromatic heterocycles. The SMILES string of the molecule is C[C@H](COCc1ccccc1)C[C@@H](C)C(=O)N1CCC[C@H]1CO. The van der Waals surface area contributed by atoms with Gasteiger partial charge < -0.3 is 14.7 Å². The first-order chi connectivity index (χ1) is 11.1. The van der Waals surface area contributed by atoms with Crippen molar-refractivity contribution in [2.24, 2.45) is 11.8 Å². The Bertz CT molecular complexity index is 477. The molecule has 1 aromatic rings. The maximum Gasteiger partial charge on any atom is 0.225 e. The van der Waals surface area contributed by atoms with Crippen LogP contribution in [0.15, 0.2) is 30.3 Å². The Morgan fingerprint density at radius 3 is 2.78 bits per heavy atom. The van der Waals surface area contributed by atoms with Gasteiger partial charge in [-0.25, -0.2) is 0 Å². The smallest absolute Gasteiger partial charge is 0.225 e. The summed E-state index contributed by atoms with van der Waals surface area (Å²) in [6.45, 7) is 6.26. The average molecular weight is 319 g/mol. The number of carbonyl (C=O) groups is 1. The van der Waals surface area contributed by atoms with Crippen molar-refractivity contribution < 1.29 is 14.6 Å². The Morgan fingerprint density at radius 1 is 1.35 bits per heavy atom. The van der Waals surface area contributed by atoms with Crippen LogP contribution < -0.4 is 0 Å². The summed E-state index contributed by atoms with van der Waals surface area (Å²) in [7, 11) is 0. The molecule has 0 spiro atoms. The zero-order valence-electron chi connectivity index (χ0n) is 14.3. The van der Waals surface area contributed by atoms with Crippen LogP contribution in [-0.2, 0) is 16.1 Å². The first-order valence-corrected chi connectivity index (χ1v) is 8.64. The minimum absolute atomic E-state index is 0.0162. The fourth-order valence-corrected chi connectivity index (χ4v) is 3.32. The second kappa shape index (κ2) is 9.04. The summed E-state index contributed by atoms with van der Waals surface area (Å²) >= 11 is 0. The lowest BCUT2D eigenvalue weighted by Crippen LogP contribution is -2.41. The molecular weight excluding hydrogens is 290 g/mol. The summed E-state index contributed by atoms with van der Waals surface area (Å²) in [5.74, 6) is 0.502. The minimum atomic E-state index is -0.0162. The van der Waals surface area contributed by atoms with Crippen molar-refractivity contribution in [1.82, 2.24) is 4.90 Å². The molecule has 3 atom stereocenters. The van der Waals surface area contributed by atoms with Gasteiger partial charge in [0, 0.05) is 19.1 Å². The first kappa shape index (κ1) is 18.0. The van der Waals surface area contributed by atoms with Crippen LogP contribution in [0.25, 0.3) is 0 Å². The molecule has 0 unspecified atom stereocenters. The van der Waals surface area contributed by atoms with Crippen molar-refractivity contribution >= 4 is 5.91 Å². The van der Waals surface area contributed by atoms with Crippen LogP contribution in [0.5, 0.6) is 0 Å². The van der Waals surface area contributed by atoms with Crippen molar-refractivity contribution in [2.45, 2.75) is 45.8 Å². The molecular formula is C19H29NO3. The molecule has 0 radical (unpaired) electrons. The highest BCUT2D eigenvalue weighted by Crippen LogP contribution is 2.22. The van der Waals surface area contributed by atoms with Gasteiger partial charge in [-0.2, -0.15) is 0 Å². The van der Waals surface area contributed by atoms with Gasteiger partial charge in [-0.3, -0.25) is 4.79 Å². The largest absolute Gasteiger partial charge is 0.394 e. The third-order valence-corrected chi connectivity index (χ3v) is 4.56. The van der Waals surface area contributed by atoms with Gasteiger partial charge in [-0.05, 0) is 30.7 Å². The molecule has 23 heavy (non-hydrogen) atoms. The molecule has 0 bridgehead atoms. The second-order valence-corrected chi connectivity index (χ2v) is 6.75. The number of rotatable bonds is 8. The van der Waals surface area contributed by atoms with Gasteiger partial charge in [0.1, 0.15) is 0 Å². The topological polar surface area (TPSA) is 49.8 Å². The zero-order valence-corrected chi connectivity index (χ0v) is 14.3. The molecule has 1 saturated heterocycles. The van der Waals surface area contributed by atoms with E-state index in [-0.39, 0.29) is 24.5 Å². The lowest BCUT2D eigenvalue weighted by Gasteiger charge is -2.27. The van der Waals surface area contributed by atoms with Gasteiger partial charge >= 0.3 is 0 Å². The average Bonchev–Trinajstić information content (AvgIpc) is 3.03. The van der Waals surface area contributed by atoms with Gasteiger partial charge in [0.15, 0.2) is 0 Å². The van der Waals surface area contributed by atoms with Crippen LogP contribution in [0.2, 0.25) is 0 Å². The highest BCUT2D eigenvalue weighted by atomic mass is 16.5. The van der Waals surface area contributed by atoms with Gasteiger partial charge in [-0.1, -0.05) is 44.2 Å². The first-order valence-electron chi connectivity index (χ1n) is 8.64. The predicted molar refractivity (Wildman–Crippen MR) is 90.9 cm³/mol. The van der Waals surface area contributed by atoms with Gasteiger partial charge in [-0.15, -0.1) is 0 Å². The predicted octanol–water partition coefficient (Wildman–Crippen LogP) is 2.85. The summed E-state index contributed by atoms with van der Waals surface area (Å²) in [5, 5.41) is 9.36. The number of likely N-dealkylation sites (tertiary alicyclic amines) is 1. The maximum absolute atomic E-state index is 12.5. The highest BCUT2D eigenvalue weighted by molar-refractivity contribution is 5.79. The Kier molecular flexibility index (Phi) is 7.06. The molecule has 1 amide bonds. The van der Waals surface area contributed by atoms with Crippen LogP contribution in [-0.4, -0.2) is 41.7 Å². The molecule has 0 saturated carbocycles. The third-order valence-electron chi connectivity index (χ3n) is 4.56. The van der Waals surface area contributed by atoms with E-state index < -0.39 is 0 Å². The summed E-state index contributed by atoms with van der Waals surface area (Å²) in [6.07, 6.45) is 2.74. The van der Waals surface area contributed by atoms with E-state index in [0.29, 0.717) is 19.1 Å². The number of hydrogen-bond acceptors (Lipinski definition) is 3. The standard InChI is InChI=1S/C19H29NO3/c1-15(13-23-14-17-7-4-3-5-8-17)11-16(2)19(22)20-10-6-9-18(20)12-21/h3-5,7-8,15-16,18,21H,6,9-14H2,1-2H3/t15-,16+,18-/m0/s1. The van der Waals surface area contributed by atoms with Crippen molar-refractivity contribution in [3.8, 4) is 0 Å². The fraction of sp³-hybridized carbons (Fsp3) is 0.632. The fourth-order valence-electron chi connectivity index (χ4n) is 3.32. The van der Waals surface area contributed by atoms with E-state index in [1.165, 1.54) is 5.56 Å². The third kappa shape index (κ3) is 5.33. The van der Waals surface area contributed by atoms with E-state index in [4.69, 9.17) is 4.74 Å². The number of benzene rings is 1. The van der Waals surface area contributed by atoms with E-state index in [0.717, 1.165) is 25.8 Å². The van der Waals surface area contributed by atoms with Gasteiger partial charge in [0.25, 0.3) is 0 Å². The van der Waals surface area contributed by atoms with E-state index in [9.17, 15) is 9.90 Å². The minimum Gasteiger partial charge on any atom is -0.394 e. The summed E-state index contributed by atoms with van der Waals surface area (Å²) in [4.78, 5) is 14.4. The number of ether oxygens (including phenoxy) is 1. The van der Waals surface area contributed by atoms with E-state index in [2.05, 4.69) is 19.1 Å². The van der Waals surface area contributed by atoms with Crippen molar-refractivity contribution in [3.05, 3.63) is 35.9 Å². The summed E-state index contributed by atoms with van der Waals surface area (Å²) < 4.78 is 5.76. The Labute approximate surface area is 139 Å². The van der Waals surface area contributed by atoms with E-state index in [1.807, 2.05) is 30.0 Å². The highest BCUT2D eigenvalue weighted by Gasteiger charge is 2.31. The van der Waals surface area contributed by atoms with Crippen molar-refractivity contribution in [2.75, 3.05) is 19.8 Å². The molecule has 1 aliphatic heterocycles. The van der Waals surface area contributed by atoms with Gasteiger partial charge in [0.05, 0.1) is 19.3 Å². The lowest BCUT2D eigenvalue weighted by atomic mass is 9.96. The van der Waals surface area contributed by atoms with Crippen LogP contribution in [0.4, 0.5) is 0 Å². The second-order valence-electron chi connectivity index (χ2n) is 6.75. The molecule has 1 N–H and O–H groups in total. The molecule has 1 fully saturated rings. The molecule has 1 heterocycles. The molecule has 4 heteroatoms. The maximum atomic E-state index is 12.5. The summed E-state index contributed by atoms with van der Waals surface area (Å²) in [6, 6.07) is 10.2. The Balaban J connectivity index is 1.71. The van der Waals surface area contributed by atoms with E-state index >= 15 is 0 Å². The van der Waals surface area contributed by atoms with Crippen LogP contribution in [0.1, 0.15) is 38.7 Å². The molecule has 0 aliphatic carbocycles. The lowest BCUT2D eigenvalue weighted by molar-refractivity contribution is -0.137. The molecule has 128 valence electrons.